The van der Waals surface area contributed by atoms with Gasteiger partial charge in [-0.25, -0.2) is 4.79 Å². The standard InChI is InChI=1S/C15H13N3O2/c1-18(9-5-6-13(10-16)11-17)12-15(19)20-14-7-3-2-4-8-14/h2-9H,12H2,1H3. The first-order valence-corrected chi connectivity index (χ1v) is 5.80. The number of ether oxygens (including phenoxy) is 1. The van der Waals surface area contributed by atoms with Gasteiger partial charge in [0.1, 0.15) is 30.0 Å². The fraction of sp³-hybridized carbons (Fsp3) is 0.133. The minimum atomic E-state index is -0.395. The van der Waals surface area contributed by atoms with Gasteiger partial charge >= 0.3 is 5.97 Å². The van der Waals surface area contributed by atoms with E-state index in [1.54, 1.807) is 54.6 Å². The quantitative estimate of drug-likeness (QED) is 0.353. The van der Waals surface area contributed by atoms with Crippen molar-refractivity contribution < 1.29 is 9.53 Å². The number of likely N-dealkylation sites (N-methyl/N-ethyl adjacent to an activating group) is 1. The summed E-state index contributed by atoms with van der Waals surface area (Å²) in [6, 6.07) is 12.3. The van der Waals surface area contributed by atoms with Gasteiger partial charge < -0.3 is 9.64 Å². The first-order chi connectivity index (χ1) is 9.65. The van der Waals surface area contributed by atoms with E-state index in [4.69, 9.17) is 15.3 Å². The maximum absolute atomic E-state index is 11.6. The molecule has 0 atom stereocenters. The van der Waals surface area contributed by atoms with Crippen molar-refractivity contribution in [2.75, 3.05) is 13.6 Å². The number of benzene rings is 1. The molecular weight excluding hydrogens is 254 g/mol. The molecule has 0 unspecified atom stereocenters. The molecule has 0 saturated heterocycles. The zero-order valence-electron chi connectivity index (χ0n) is 11.0. The molecule has 0 fully saturated rings. The van der Waals surface area contributed by atoms with E-state index in [1.165, 1.54) is 12.2 Å². The normalized spacial score (nSPS) is 9.35. The van der Waals surface area contributed by atoms with Gasteiger partial charge in [0.15, 0.2) is 0 Å². The molecule has 0 saturated carbocycles. The van der Waals surface area contributed by atoms with Gasteiger partial charge in [-0.1, -0.05) is 18.2 Å². The van der Waals surface area contributed by atoms with Crippen molar-refractivity contribution in [3.63, 3.8) is 0 Å². The lowest BCUT2D eigenvalue weighted by atomic mass is 10.3. The molecule has 0 aromatic heterocycles. The Morgan fingerprint density at radius 2 is 1.95 bits per heavy atom. The minimum absolute atomic E-state index is 0.00140. The number of nitriles is 2. The molecule has 1 rings (SSSR count). The first kappa shape index (κ1) is 15.0. The summed E-state index contributed by atoms with van der Waals surface area (Å²) < 4.78 is 5.12. The molecule has 1 aromatic carbocycles. The molecule has 0 N–H and O–H groups in total. The third-order valence-electron chi connectivity index (χ3n) is 2.20. The van der Waals surface area contributed by atoms with Gasteiger partial charge in [-0.15, -0.1) is 0 Å². The van der Waals surface area contributed by atoms with Crippen molar-refractivity contribution in [1.29, 1.82) is 10.5 Å². The van der Waals surface area contributed by atoms with E-state index in [9.17, 15) is 4.79 Å². The summed E-state index contributed by atoms with van der Waals surface area (Å²) in [6.07, 6.45) is 4.48. The second-order valence-corrected chi connectivity index (χ2v) is 3.85. The zero-order chi connectivity index (χ0) is 14.8. The maximum Gasteiger partial charge on any atom is 0.330 e. The van der Waals surface area contributed by atoms with Crippen molar-refractivity contribution in [3.05, 3.63) is 54.3 Å². The molecule has 0 spiro atoms. The SMILES string of the molecule is CN(C=CC=C(C#N)C#N)CC(=O)Oc1ccccc1. The zero-order valence-corrected chi connectivity index (χ0v) is 11.0. The molecule has 0 amide bonds. The lowest BCUT2D eigenvalue weighted by Gasteiger charge is -2.12. The van der Waals surface area contributed by atoms with Crippen LogP contribution in [0.1, 0.15) is 0 Å². The third-order valence-corrected chi connectivity index (χ3v) is 2.20. The summed E-state index contributed by atoms with van der Waals surface area (Å²) in [6.45, 7) is 0.0632. The number of para-hydroxylation sites is 1. The second kappa shape index (κ2) is 8.12. The lowest BCUT2D eigenvalue weighted by Crippen LogP contribution is -2.24. The Hall–Kier alpha value is -3.05. The number of nitrogens with zero attached hydrogens (tertiary/aromatic N) is 3. The monoisotopic (exact) mass is 267 g/mol. The molecule has 1 aromatic rings. The number of hydrogen-bond donors (Lipinski definition) is 0. The van der Waals surface area contributed by atoms with E-state index >= 15 is 0 Å². The van der Waals surface area contributed by atoms with Gasteiger partial charge in [0.25, 0.3) is 0 Å². The van der Waals surface area contributed by atoms with Crippen molar-refractivity contribution in [1.82, 2.24) is 4.90 Å². The Kier molecular flexibility index (Phi) is 6.10. The van der Waals surface area contributed by atoms with Crippen LogP contribution in [0.5, 0.6) is 5.75 Å². The van der Waals surface area contributed by atoms with Crippen LogP contribution < -0.4 is 4.74 Å². The van der Waals surface area contributed by atoms with Gasteiger partial charge in [0.05, 0.1) is 0 Å². The second-order valence-electron chi connectivity index (χ2n) is 3.85. The van der Waals surface area contributed by atoms with E-state index in [1.807, 2.05) is 6.07 Å². The molecule has 0 aliphatic carbocycles. The predicted octanol–water partition coefficient (Wildman–Crippen LogP) is 2.01. The molecule has 0 bridgehead atoms. The van der Waals surface area contributed by atoms with Gasteiger partial charge in [0, 0.05) is 7.05 Å². The van der Waals surface area contributed by atoms with Gasteiger partial charge in [0.2, 0.25) is 0 Å². The molecular formula is C15H13N3O2. The average molecular weight is 267 g/mol. The number of esters is 1. The first-order valence-electron chi connectivity index (χ1n) is 5.80. The number of rotatable bonds is 5. The minimum Gasteiger partial charge on any atom is -0.425 e. The van der Waals surface area contributed by atoms with Crippen molar-refractivity contribution in [3.8, 4) is 17.9 Å². The van der Waals surface area contributed by atoms with Gasteiger partial charge in [-0.2, -0.15) is 10.5 Å². The van der Waals surface area contributed by atoms with Gasteiger partial charge in [-0.05, 0) is 30.5 Å². The topological polar surface area (TPSA) is 77.1 Å². The predicted molar refractivity (Wildman–Crippen MR) is 73.2 cm³/mol. The summed E-state index contributed by atoms with van der Waals surface area (Å²) >= 11 is 0. The Labute approximate surface area is 117 Å². The number of carbonyl (C=O) groups excluding carboxylic acids is 1. The molecule has 100 valence electrons. The summed E-state index contributed by atoms with van der Waals surface area (Å²) in [7, 11) is 1.69. The highest BCUT2D eigenvalue weighted by Crippen LogP contribution is 2.08. The highest BCUT2D eigenvalue weighted by atomic mass is 16.5. The summed E-state index contributed by atoms with van der Waals surface area (Å²) in [5.74, 6) is 0.0964. The number of allylic oxidation sites excluding steroid dienone is 3. The number of carbonyl (C=O) groups is 1. The summed E-state index contributed by atoms with van der Waals surface area (Å²) in [5.41, 5.74) is 0.00140. The Morgan fingerprint density at radius 3 is 2.55 bits per heavy atom. The Balaban J connectivity index is 2.47. The van der Waals surface area contributed by atoms with Crippen LogP contribution in [0, 0.1) is 22.7 Å². The number of hydrogen-bond acceptors (Lipinski definition) is 5. The van der Waals surface area contributed by atoms with Gasteiger partial charge in [-0.3, -0.25) is 0 Å². The van der Waals surface area contributed by atoms with Crippen LogP contribution in [0.25, 0.3) is 0 Å². The Bertz CT molecular complexity index is 576. The van der Waals surface area contributed by atoms with Crippen LogP contribution in [0.3, 0.4) is 0 Å². The van der Waals surface area contributed by atoms with Crippen molar-refractivity contribution >= 4 is 5.97 Å². The fourth-order valence-electron chi connectivity index (χ4n) is 1.29. The molecule has 0 radical (unpaired) electrons. The smallest absolute Gasteiger partial charge is 0.330 e. The molecule has 20 heavy (non-hydrogen) atoms. The van der Waals surface area contributed by atoms with E-state index < -0.39 is 5.97 Å². The van der Waals surface area contributed by atoms with E-state index in [0.29, 0.717) is 5.75 Å². The van der Waals surface area contributed by atoms with Crippen LogP contribution in [0.15, 0.2) is 54.3 Å². The molecule has 0 aliphatic rings. The third kappa shape index (κ3) is 5.52. The highest BCUT2D eigenvalue weighted by Gasteiger charge is 2.05. The van der Waals surface area contributed by atoms with Crippen molar-refractivity contribution in [2.45, 2.75) is 0 Å². The maximum atomic E-state index is 11.6. The van der Waals surface area contributed by atoms with Crippen LogP contribution in [0.2, 0.25) is 0 Å². The van der Waals surface area contributed by atoms with E-state index in [2.05, 4.69) is 0 Å². The molecule has 5 nitrogen and oxygen atoms in total. The Morgan fingerprint density at radius 1 is 1.30 bits per heavy atom. The molecule has 0 aliphatic heterocycles. The average Bonchev–Trinajstić information content (AvgIpc) is 2.44. The van der Waals surface area contributed by atoms with Crippen LogP contribution in [-0.2, 0) is 4.79 Å². The fourth-order valence-corrected chi connectivity index (χ4v) is 1.29. The summed E-state index contributed by atoms with van der Waals surface area (Å²) in [4.78, 5) is 13.2. The van der Waals surface area contributed by atoms with Crippen LogP contribution in [-0.4, -0.2) is 24.5 Å². The van der Waals surface area contributed by atoms with Crippen molar-refractivity contribution in [2.24, 2.45) is 0 Å². The van der Waals surface area contributed by atoms with E-state index in [-0.39, 0.29) is 12.1 Å². The molecule has 5 heteroatoms. The van der Waals surface area contributed by atoms with Crippen LogP contribution >= 0.6 is 0 Å². The highest BCUT2D eigenvalue weighted by molar-refractivity contribution is 5.74. The molecule has 0 heterocycles. The lowest BCUT2D eigenvalue weighted by molar-refractivity contribution is -0.134. The largest absolute Gasteiger partial charge is 0.425 e. The summed E-state index contributed by atoms with van der Waals surface area (Å²) in [5, 5.41) is 17.1. The van der Waals surface area contributed by atoms with E-state index in [0.717, 1.165) is 0 Å². The van der Waals surface area contributed by atoms with Crippen LogP contribution in [0.4, 0.5) is 0 Å².